The van der Waals surface area contributed by atoms with Gasteiger partial charge in [-0.05, 0) is 18.1 Å². The Morgan fingerprint density at radius 3 is 2.73 bits per heavy atom. The molecule has 0 unspecified atom stereocenters. The van der Waals surface area contributed by atoms with Crippen LogP contribution in [0.3, 0.4) is 0 Å². The fourth-order valence-electron chi connectivity index (χ4n) is 1.06. The minimum Gasteiger partial charge on any atom is -0.326 e. The third kappa shape index (κ3) is 1.92. The van der Waals surface area contributed by atoms with E-state index in [0.29, 0.717) is 6.54 Å². The van der Waals surface area contributed by atoms with Gasteiger partial charge >= 0.3 is 0 Å². The molecular weight excluding hydrogens is 134 g/mol. The van der Waals surface area contributed by atoms with Gasteiger partial charge in [0.2, 0.25) is 0 Å². The zero-order valence-electron chi connectivity index (χ0n) is 6.75. The molecule has 2 N–H and O–H groups in total. The van der Waals surface area contributed by atoms with Gasteiger partial charge in [0.05, 0.1) is 0 Å². The molecule has 0 heterocycles. The summed E-state index contributed by atoms with van der Waals surface area (Å²) in [6.07, 6.45) is 4.09. The van der Waals surface area contributed by atoms with Crippen molar-refractivity contribution in [3.8, 4) is 0 Å². The van der Waals surface area contributed by atoms with Crippen molar-refractivity contribution in [3.63, 3.8) is 0 Å². The van der Waals surface area contributed by atoms with Gasteiger partial charge in [0.25, 0.3) is 0 Å². The van der Waals surface area contributed by atoms with Crippen molar-refractivity contribution in [2.75, 3.05) is 0 Å². The average Bonchev–Trinajstić information content (AvgIpc) is 2.06. The van der Waals surface area contributed by atoms with Crippen LogP contribution in [0, 0.1) is 0 Å². The fourth-order valence-corrected chi connectivity index (χ4v) is 1.06. The molecule has 11 heavy (non-hydrogen) atoms. The molecule has 1 aromatic carbocycles. The first kappa shape index (κ1) is 8.02. The van der Waals surface area contributed by atoms with Gasteiger partial charge in [0, 0.05) is 6.54 Å². The Kier molecular flexibility index (Phi) is 2.87. The smallest absolute Gasteiger partial charge is 0.0184 e. The molecule has 0 aromatic heterocycles. The van der Waals surface area contributed by atoms with E-state index in [1.54, 1.807) is 0 Å². The maximum absolute atomic E-state index is 5.55. The highest BCUT2D eigenvalue weighted by Crippen LogP contribution is 2.09. The van der Waals surface area contributed by atoms with Gasteiger partial charge in [-0.3, -0.25) is 0 Å². The molecule has 1 aromatic rings. The standard InChI is InChI=1S/C10H13N/c1-2-5-9-6-3-4-7-10(9)8-11/h2-7H,8,11H2,1H3/b5-2+. The Bertz CT molecular complexity index is 251. The van der Waals surface area contributed by atoms with Crippen LogP contribution in [0.2, 0.25) is 0 Å². The second-order valence-electron chi connectivity index (χ2n) is 2.40. The molecule has 0 radical (unpaired) electrons. The van der Waals surface area contributed by atoms with Crippen LogP contribution in [-0.4, -0.2) is 0 Å². The van der Waals surface area contributed by atoms with Gasteiger partial charge in [-0.25, -0.2) is 0 Å². The molecule has 0 fully saturated rings. The Morgan fingerprint density at radius 1 is 1.36 bits per heavy atom. The SMILES string of the molecule is C/C=C/c1ccccc1CN. The van der Waals surface area contributed by atoms with Crippen molar-refractivity contribution in [2.45, 2.75) is 13.5 Å². The lowest BCUT2D eigenvalue weighted by Gasteiger charge is -2.00. The monoisotopic (exact) mass is 147 g/mol. The summed E-state index contributed by atoms with van der Waals surface area (Å²) >= 11 is 0. The summed E-state index contributed by atoms with van der Waals surface area (Å²) in [4.78, 5) is 0. The van der Waals surface area contributed by atoms with Crippen molar-refractivity contribution in [1.29, 1.82) is 0 Å². The van der Waals surface area contributed by atoms with E-state index in [9.17, 15) is 0 Å². The lowest BCUT2D eigenvalue weighted by molar-refractivity contribution is 1.07. The molecule has 1 heteroatoms. The van der Waals surface area contributed by atoms with Gasteiger partial charge in [-0.1, -0.05) is 36.4 Å². The molecule has 0 saturated heterocycles. The van der Waals surface area contributed by atoms with Crippen molar-refractivity contribution < 1.29 is 0 Å². The first-order valence-corrected chi connectivity index (χ1v) is 3.79. The third-order valence-electron chi connectivity index (χ3n) is 1.62. The second kappa shape index (κ2) is 3.94. The summed E-state index contributed by atoms with van der Waals surface area (Å²) in [5.74, 6) is 0. The van der Waals surface area contributed by atoms with E-state index < -0.39 is 0 Å². The number of nitrogens with two attached hydrogens (primary N) is 1. The van der Waals surface area contributed by atoms with Crippen molar-refractivity contribution in [3.05, 3.63) is 41.5 Å². The van der Waals surface area contributed by atoms with E-state index >= 15 is 0 Å². The van der Waals surface area contributed by atoms with Crippen LogP contribution in [0.25, 0.3) is 6.08 Å². The molecule has 0 aliphatic heterocycles. The maximum Gasteiger partial charge on any atom is 0.0184 e. The predicted molar refractivity (Wildman–Crippen MR) is 49.0 cm³/mol. The second-order valence-corrected chi connectivity index (χ2v) is 2.40. The zero-order chi connectivity index (χ0) is 8.10. The fraction of sp³-hybridized carbons (Fsp3) is 0.200. The summed E-state index contributed by atoms with van der Waals surface area (Å²) in [7, 11) is 0. The van der Waals surface area contributed by atoms with Crippen LogP contribution in [-0.2, 0) is 6.54 Å². The maximum atomic E-state index is 5.55. The highest BCUT2D eigenvalue weighted by molar-refractivity contribution is 5.53. The molecule has 0 aliphatic rings. The molecule has 58 valence electrons. The highest BCUT2D eigenvalue weighted by Gasteiger charge is 1.92. The van der Waals surface area contributed by atoms with Crippen LogP contribution in [0.4, 0.5) is 0 Å². The zero-order valence-corrected chi connectivity index (χ0v) is 6.75. The molecule has 0 atom stereocenters. The van der Waals surface area contributed by atoms with Gasteiger partial charge in [-0.15, -0.1) is 0 Å². The largest absolute Gasteiger partial charge is 0.326 e. The number of allylic oxidation sites excluding steroid dienone is 1. The number of hydrogen-bond acceptors (Lipinski definition) is 1. The molecule has 1 nitrogen and oxygen atoms in total. The van der Waals surface area contributed by atoms with Crippen molar-refractivity contribution >= 4 is 6.08 Å². The topological polar surface area (TPSA) is 26.0 Å². The molecular formula is C10H13N. The summed E-state index contributed by atoms with van der Waals surface area (Å²) in [5, 5.41) is 0. The van der Waals surface area contributed by atoms with Crippen LogP contribution in [0.1, 0.15) is 18.1 Å². The Labute approximate surface area is 67.5 Å². The lowest BCUT2D eigenvalue weighted by Crippen LogP contribution is -1.97. The quantitative estimate of drug-likeness (QED) is 0.681. The van der Waals surface area contributed by atoms with Crippen LogP contribution in [0.15, 0.2) is 30.3 Å². The van der Waals surface area contributed by atoms with E-state index in [0.717, 1.165) is 0 Å². The van der Waals surface area contributed by atoms with Gasteiger partial charge in [0.1, 0.15) is 0 Å². The average molecular weight is 147 g/mol. The Morgan fingerprint density at radius 2 is 2.09 bits per heavy atom. The van der Waals surface area contributed by atoms with Gasteiger partial charge < -0.3 is 5.73 Å². The molecule has 0 aliphatic carbocycles. The summed E-state index contributed by atoms with van der Waals surface area (Å²) < 4.78 is 0. The van der Waals surface area contributed by atoms with E-state index in [4.69, 9.17) is 5.73 Å². The van der Waals surface area contributed by atoms with E-state index in [1.165, 1.54) is 11.1 Å². The number of benzene rings is 1. The van der Waals surface area contributed by atoms with E-state index in [-0.39, 0.29) is 0 Å². The minimum absolute atomic E-state index is 0.612. The predicted octanol–water partition coefficient (Wildman–Crippen LogP) is 2.18. The molecule has 0 amide bonds. The first-order valence-electron chi connectivity index (χ1n) is 3.79. The van der Waals surface area contributed by atoms with Crippen LogP contribution < -0.4 is 5.73 Å². The normalized spacial score (nSPS) is 10.7. The molecule has 0 spiro atoms. The summed E-state index contributed by atoms with van der Waals surface area (Å²) in [5.41, 5.74) is 7.97. The van der Waals surface area contributed by atoms with Gasteiger partial charge in [0.15, 0.2) is 0 Å². The van der Waals surface area contributed by atoms with Crippen molar-refractivity contribution in [1.82, 2.24) is 0 Å². The lowest BCUT2D eigenvalue weighted by atomic mass is 10.1. The molecule has 0 bridgehead atoms. The highest BCUT2D eigenvalue weighted by atomic mass is 14.5. The summed E-state index contributed by atoms with van der Waals surface area (Å²) in [6.45, 7) is 2.62. The Hall–Kier alpha value is -1.08. The van der Waals surface area contributed by atoms with Gasteiger partial charge in [-0.2, -0.15) is 0 Å². The summed E-state index contributed by atoms with van der Waals surface area (Å²) in [6, 6.07) is 8.15. The minimum atomic E-state index is 0.612. The third-order valence-corrected chi connectivity index (χ3v) is 1.62. The van der Waals surface area contributed by atoms with E-state index in [1.807, 2.05) is 25.1 Å². The van der Waals surface area contributed by atoms with Crippen LogP contribution in [0.5, 0.6) is 0 Å². The van der Waals surface area contributed by atoms with E-state index in [2.05, 4.69) is 18.2 Å². The van der Waals surface area contributed by atoms with Crippen LogP contribution >= 0.6 is 0 Å². The molecule has 0 saturated carbocycles. The Balaban J connectivity index is 3.02. The molecule has 1 rings (SSSR count). The number of hydrogen-bond donors (Lipinski definition) is 1. The number of rotatable bonds is 2. The first-order chi connectivity index (χ1) is 5.38. The van der Waals surface area contributed by atoms with Crippen molar-refractivity contribution in [2.24, 2.45) is 5.73 Å².